The van der Waals surface area contributed by atoms with Crippen LogP contribution in [0.1, 0.15) is 29.6 Å². The zero-order valence-corrected chi connectivity index (χ0v) is 16.5. The molecule has 5 nitrogen and oxygen atoms in total. The minimum absolute atomic E-state index is 0.102. The number of para-hydroxylation sites is 1. The molecule has 0 atom stereocenters. The van der Waals surface area contributed by atoms with Crippen LogP contribution in [0, 0.1) is 0 Å². The van der Waals surface area contributed by atoms with Gasteiger partial charge in [-0.25, -0.2) is 4.98 Å². The first-order chi connectivity index (χ1) is 14.2. The van der Waals surface area contributed by atoms with Gasteiger partial charge in [-0.1, -0.05) is 48.5 Å². The molecule has 148 valence electrons. The molecule has 0 saturated carbocycles. The first-order valence-electron chi connectivity index (χ1n) is 10.2. The van der Waals surface area contributed by atoms with Gasteiger partial charge in [0.05, 0.1) is 5.52 Å². The van der Waals surface area contributed by atoms with Gasteiger partial charge >= 0.3 is 0 Å². The van der Waals surface area contributed by atoms with Gasteiger partial charge in [-0.05, 0) is 24.6 Å². The Balaban J connectivity index is 1.25. The Morgan fingerprint density at radius 1 is 0.793 bits per heavy atom. The van der Waals surface area contributed by atoms with Gasteiger partial charge in [0.25, 0.3) is 0 Å². The van der Waals surface area contributed by atoms with Crippen LogP contribution in [0.2, 0.25) is 0 Å². The molecule has 1 aliphatic rings. The maximum atomic E-state index is 12.5. The minimum Gasteiger partial charge on any atom is -0.353 e. The number of rotatable bonds is 6. The summed E-state index contributed by atoms with van der Waals surface area (Å²) in [4.78, 5) is 33.6. The molecule has 0 N–H and O–H groups in total. The van der Waals surface area contributed by atoms with Crippen molar-refractivity contribution in [2.24, 2.45) is 0 Å². The highest BCUT2D eigenvalue weighted by Crippen LogP contribution is 2.19. The summed E-state index contributed by atoms with van der Waals surface area (Å²) in [5.41, 5.74) is 1.71. The molecule has 0 unspecified atom stereocenters. The number of hydrogen-bond acceptors (Lipinski definition) is 4. The maximum absolute atomic E-state index is 12.5. The molecule has 29 heavy (non-hydrogen) atoms. The van der Waals surface area contributed by atoms with Gasteiger partial charge in [0.2, 0.25) is 5.91 Å². The number of carbonyl (C=O) groups is 2. The third-order valence-electron chi connectivity index (χ3n) is 5.43. The molecule has 1 amide bonds. The van der Waals surface area contributed by atoms with Crippen molar-refractivity contribution in [2.75, 3.05) is 31.1 Å². The first kappa shape index (κ1) is 19.1. The second-order valence-electron chi connectivity index (χ2n) is 7.37. The van der Waals surface area contributed by atoms with Crippen LogP contribution in [0.5, 0.6) is 0 Å². The normalized spacial score (nSPS) is 14.2. The van der Waals surface area contributed by atoms with Crippen LogP contribution >= 0.6 is 0 Å². The van der Waals surface area contributed by atoms with Gasteiger partial charge in [-0.2, -0.15) is 0 Å². The number of nitrogens with zero attached hydrogens (tertiary/aromatic N) is 3. The number of ketones is 1. The van der Waals surface area contributed by atoms with Crippen molar-refractivity contribution in [1.82, 2.24) is 9.88 Å². The summed E-state index contributed by atoms with van der Waals surface area (Å²) in [6, 6.07) is 21.5. The van der Waals surface area contributed by atoms with Gasteiger partial charge in [-0.3, -0.25) is 9.59 Å². The highest BCUT2D eigenvalue weighted by Gasteiger charge is 2.22. The van der Waals surface area contributed by atoms with Crippen LogP contribution < -0.4 is 4.90 Å². The molecule has 3 aromatic rings. The van der Waals surface area contributed by atoms with Crippen molar-refractivity contribution < 1.29 is 9.59 Å². The molecule has 1 aliphatic heterocycles. The van der Waals surface area contributed by atoms with Crippen molar-refractivity contribution in [1.29, 1.82) is 0 Å². The standard InChI is InChI=1S/C24H25N3O2/c28-22(20-8-2-1-3-9-20)11-6-12-24(29)27-17-15-26(16-18-27)23-14-13-19-7-4-5-10-21(19)25-23/h1-5,7-10,13-14H,6,11-12,15-18H2. The van der Waals surface area contributed by atoms with Crippen LogP contribution in [0.4, 0.5) is 5.82 Å². The van der Waals surface area contributed by atoms with E-state index in [4.69, 9.17) is 4.98 Å². The topological polar surface area (TPSA) is 53.5 Å². The van der Waals surface area contributed by atoms with Crippen molar-refractivity contribution in [3.63, 3.8) is 0 Å². The Hall–Kier alpha value is -3.21. The highest BCUT2D eigenvalue weighted by atomic mass is 16.2. The molecule has 0 bridgehead atoms. The lowest BCUT2D eigenvalue weighted by Crippen LogP contribution is -2.49. The first-order valence-corrected chi connectivity index (χ1v) is 10.2. The third kappa shape index (κ3) is 4.62. The van der Waals surface area contributed by atoms with E-state index in [2.05, 4.69) is 23.1 Å². The van der Waals surface area contributed by atoms with E-state index in [0.29, 0.717) is 32.4 Å². The lowest BCUT2D eigenvalue weighted by atomic mass is 10.1. The van der Waals surface area contributed by atoms with Crippen LogP contribution in [-0.2, 0) is 4.79 Å². The molecule has 2 aromatic carbocycles. The number of benzene rings is 2. The Kier molecular flexibility index (Phi) is 5.84. The van der Waals surface area contributed by atoms with Gasteiger partial charge in [0.1, 0.15) is 5.82 Å². The number of fused-ring (bicyclic) bond motifs is 1. The molecule has 2 heterocycles. The van der Waals surface area contributed by atoms with Crippen molar-refractivity contribution in [2.45, 2.75) is 19.3 Å². The predicted octanol–water partition coefficient (Wildman–Crippen LogP) is 3.94. The number of carbonyl (C=O) groups excluding carboxylic acids is 2. The fraction of sp³-hybridized carbons (Fsp3) is 0.292. The Morgan fingerprint density at radius 3 is 2.31 bits per heavy atom. The average molecular weight is 387 g/mol. The number of amides is 1. The minimum atomic E-state index is 0.102. The largest absolute Gasteiger partial charge is 0.353 e. The van der Waals surface area contributed by atoms with E-state index in [0.717, 1.165) is 35.4 Å². The number of Topliss-reactive ketones (excluding diaryl/α,β-unsaturated/α-hetero) is 1. The van der Waals surface area contributed by atoms with Crippen molar-refractivity contribution in [3.05, 3.63) is 72.3 Å². The van der Waals surface area contributed by atoms with E-state index in [-0.39, 0.29) is 11.7 Å². The van der Waals surface area contributed by atoms with Crippen molar-refractivity contribution >= 4 is 28.4 Å². The maximum Gasteiger partial charge on any atom is 0.222 e. The number of pyridine rings is 1. The summed E-state index contributed by atoms with van der Waals surface area (Å²) in [5, 5.41) is 1.13. The molecule has 4 rings (SSSR count). The lowest BCUT2D eigenvalue weighted by molar-refractivity contribution is -0.131. The van der Waals surface area contributed by atoms with E-state index in [1.54, 1.807) is 0 Å². The average Bonchev–Trinajstić information content (AvgIpc) is 2.79. The summed E-state index contributed by atoms with van der Waals surface area (Å²) in [6.07, 6.45) is 1.43. The molecule has 1 saturated heterocycles. The zero-order valence-electron chi connectivity index (χ0n) is 16.5. The summed E-state index contributed by atoms with van der Waals surface area (Å²) < 4.78 is 0. The molecule has 0 aliphatic carbocycles. The number of aromatic nitrogens is 1. The number of piperazine rings is 1. The van der Waals surface area contributed by atoms with Crippen LogP contribution in [0.3, 0.4) is 0 Å². The van der Waals surface area contributed by atoms with E-state index < -0.39 is 0 Å². The molecular formula is C24H25N3O2. The zero-order chi connectivity index (χ0) is 20.1. The van der Waals surface area contributed by atoms with E-state index in [9.17, 15) is 9.59 Å². The fourth-order valence-corrected chi connectivity index (χ4v) is 3.74. The molecule has 5 heteroatoms. The molecular weight excluding hydrogens is 362 g/mol. The predicted molar refractivity (Wildman–Crippen MR) is 115 cm³/mol. The van der Waals surface area contributed by atoms with E-state index >= 15 is 0 Å². The quantitative estimate of drug-likeness (QED) is 0.601. The smallest absolute Gasteiger partial charge is 0.222 e. The van der Waals surface area contributed by atoms with Gasteiger partial charge in [0, 0.05) is 50.0 Å². The Morgan fingerprint density at radius 2 is 1.52 bits per heavy atom. The highest BCUT2D eigenvalue weighted by molar-refractivity contribution is 5.96. The Labute approximate surface area is 171 Å². The summed E-state index contributed by atoms with van der Waals surface area (Å²) >= 11 is 0. The van der Waals surface area contributed by atoms with Crippen LogP contribution in [0.15, 0.2) is 66.7 Å². The second kappa shape index (κ2) is 8.86. The third-order valence-corrected chi connectivity index (χ3v) is 5.43. The molecule has 1 aromatic heterocycles. The van der Waals surface area contributed by atoms with Gasteiger partial charge < -0.3 is 9.80 Å². The van der Waals surface area contributed by atoms with Crippen molar-refractivity contribution in [3.8, 4) is 0 Å². The SMILES string of the molecule is O=C(CCCC(=O)N1CCN(c2ccc3ccccc3n2)CC1)c1ccccc1. The van der Waals surface area contributed by atoms with Gasteiger partial charge in [-0.15, -0.1) is 0 Å². The number of anilines is 1. The lowest BCUT2D eigenvalue weighted by Gasteiger charge is -2.35. The monoisotopic (exact) mass is 387 g/mol. The van der Waals surface area contributed by atoms with Crippen LogP contribution in [-0.4, -0.2) is 47.8 Å². The van der Waals surface area contributed by atoms with E-state index in [1.165, 1.54) is 0 Å². The van der Waals surface area contributed by atoms with Gasteiger partial charge in [0.15, 0.2) is 5.78 Å². The Bertz CT molecular complexity index is 995. The second-order valence-corrected chi connectivity index (χ2v) is 7.37. The molecule has 1 fully saturated rings. The molecule has 0 radical (unpaired) electrons. The molecule has 0 spiro atoms. The summed E-state index contributed by atoms with van der Waals surface area (Å²) in [6.45, 7) is 2.94. The fourth-order valence-electron chi connectivity index (χ4n) is 3.74. The van der Waals surface area contributed by atoms with Crippen LogP contribution in [0.25, 0.3) is 10.9 Å². The summed E-state index contributed by atoms with van der Waals surface area (Å²) in [5.74, 6) is 1.20. The summed E-state index contributed by atoms with van der Waals surface area (Å²) in [7, 11) is 0. The number of hydrogen-bond donors (Lipinski definition) is 0. The van der Waals surface area contributed by atoms with E-state index in [1.807, 2.05) is 53.4 Å².